The molecule has 0 bridgehead atoms. The third-order valence-electron chi connectivity index (χ3n) is 4.08. The standard InChI is InChI=1S/C21H16Cl2N2O3/c1-12-4-2-3-5-15(12)21(28)25-18-9-7-14(11-19(18)26)24-20(27)13-6-8-16(22)17(23)10-13/h2-11,26H,1H3,(H,24,27)(H,25,28). The number of benzene rings is 3. The van der Waals surface area contributed by atoms with E-state index >= 15 is 0 Å². The Balaban J connectivity index is 1.73. The number of carbonyl (C=O) groups excluding carboxylic acids is 2. The molecule has 3 rings (SSSR count). The maximum atomic E-state index is 12.4. The molecule has 0 aliphatic rings. The number of phenols is 1. The Morgan fingerprint density at radius 1 is 0.857 bits per heavy atom. The summed E-state index contributed by atoms with van der Waals surface area (Å²) < 4.78 is 0. The number of rotatable bonds is 4. The van der Waals surface area contributed by atoms with Crippen LogP contribution >= 0.6 is 23.2 Å². The highest BCUT2D eigenvalue weighted by Gasteiger charge is 2.13. The van der Waals surface area contributed by atoms with E-state index in [1.807, 2.05) is 19.1 Å². The summed E-state index contributed by atoms with van der Waals surface area (Å²) in [5, 5.41) is 16.2. The second kappa shape index (κ2) is 8.33. The molecule has 142 valence electrons. The molecular formula is C21H16Cl2N2O3. The van der Waals surface area contributed by atoms with Gasteiger partial charge >= 0.3 is 0 Å². The van der Waals surface area contributed by atoms with Crippen LogP contribution in [0.2, 0.25) is 10.0 Å². The van der Waals surface area contributed by atoms with Crippen LogP contribution in [0.3, 0.4) is 0 Å². The molecule has 5 nitrogen and oxygen atoms in total. The van der Waals surface area contributed by atoms with Gasteiger partial charge in [-0.05, 0) is 48.9 Å². The summed E-state index contributed by atoms with van der Waals surface area (Å²) in [6, 6.07) is 16.1. The van der Waals surface area contributed by atoms with E-state index in [0.717, 1.165) is 5.56 Å². The molecular weight excluding hydrogens is 399 g/mol. The van der Waals surface area contributed by atoms with Crippen molar-refractivity contribution in [1.82, 2.24) is 0 Å². The summed E-state index contributed by atoms with van der Waals surface area (Å²) in [6.07, 6.45) is 0. The number of aromatic hydroxyl groups is 1. The Morgan fingerprint density at radius 2 is 1.61 bits per heavy atom. The minimum atomic E-state index is -0.408. The molecule has 0 unspecified atom stereocenters. The number of aryl methyl sites for hydroxylation is 1. The molecule has 0 heterocycles. The highest BCUT2D eigenvalue weighted by atomic mass is 35.5. The van der Waals surface area contributed by atoms with Gasteiger partial charge in [0, 0.05) is 22.9 Å². The van der Waals surface area contributed by atoms with Crippen molar-refractivity contribution >= 4 is 46.4 Å². The van der Waals surface area contributed by atoms with Crippen LogP contribution in [-0.2, 0) is 0 Å². The molecule has 3 aromatic rings. The molecule has 3 N–H and O–H groups in total. The molecule has 0 spiro atoms. The highest BCUT2D eigenvalue weighted by Crippen LogP contribution is 2.28. The summed E-state index contributed by atoms with van der Waals surface area (Å²) in [4.78, 5) is 24.7. The van der Waals surface area contributed by atoms with Crippen LogP contribution < -0.4 is 10.6 Å². The zero-order chi connectivity index (χ0) is 20.3. The van der Waals surface area contributed by atoms with Crippen molar-refractivity contribution in [3.63, 3.8) is 0 Å². The van der Waals surface area contributed by atoms with Crippen molar-refractivity contribution < 1.29 is 14.7 Å². The van der Waals surface area contributed by atoms with Crippen LogP contribution in [0.4, 0.5) is 11.4 Å². The highest BCUT2D eigenvalue weighted by molar-refractivity contribution is 6.42. The zero-order valence-corrected chi connectivity index (χ0v) is 16.3. The van der Waals surface area contributed by atoms with Crippen LogP contribution in [0.1, 0.15) is 26.3 Å². The van der Waals surface area contributed by atoms with Gasteiger partial charge in [0.2, 0.25) is 0 Å². The molecule has 0 aliphatic heterocycles. The summed E-state index contributed by atoms with van der Waals surface area (Å²) in [7, 11) is 0. The molecule has 28 heavy (non-hydrogen) atoms. The number of anilines is 2. The van der Waals surface area contributed by atoms with Crippen molar-refractivity contribution in [2.75, 3.05) is 10.6 Å². The number of nitrogens with one attached hydrogen (secondary N) is 2. The molecule has 0 fully saturated rings. The first-order valence-corrected chi connectivity index (χ1v) is 9.07. The molecule has 0 atom stereocenters. The molecule has 0 aromatic heterocycles. The number of phenolic OH excluding ortho intramolecular Hbond substituents is 1. The zero-order valence-electron chi connectivity index (χ0n) is 14.8. The molecule has 7 heteroatoms. The number of hydrogen-bond donors (Lipinski definition) is 3. The van der Waals surface area contributed by atoms with E-state index in [-0.39, 0.29) is 22.4 Å². The van der Waals surface area contributed by atoms with Crippen molar-refractivity contribution in [1.29, 1.82) is 0 Å². The van der Waals surface area contributed by atoms with E-state index in [0.29, 0.717) is 21.8 Å². The van der Waals surface area contributed by atoms with Gasteiger partial charge in [-0.2, -0.15) is 0 Å². The third kappa shape index (κ3) is 4.44. The molecule has 0 saturated heterocycles. The third-order valence-corrected chi connectivity index (χ3v) is 4.81. The van der Waals surface area contributed by atoms with E-state index in [4.69, 9.17) is 23.2 Å². The van der Waals surface area contributed by atoms with Crippen LogP contribution in [0, 0.1) is 6.92 Å². The monoisotopic (exact) mass is 414 g/mol. The molecule has 0 aliphatic carbocycles. The van der Waals surface area contributed by atoms with Gasteiger partial charge in [-0.1, -0.05) is 41.4 Å². The van der Waals surface area contributed by atoms with Gasteiger partial charge in [-0.25, -0.2) is 0 Å². The fourth-order valence-electron chi connectivity index (χ4n) is 2.57. The van der Waals surface area contributed by atoms with Gasteiger partial charge in [0.25, 0.3) is 11.8 Å². The van der Waals surface area contributed by atoms with Gasteiger partial charge < -0.3 is 15.7 Å². The van der Waals surface area contributed by atoms with E-state index < -0.39 is 5.91 Å². The summed E-state index contributed by atoms with van der Waals surface area (Å²) in [5.41, 5.74) is 2.26. The molecule has 3 aromatic carbocycles. The Bertz CT molecular complexity index is 1070. The quantitative estimate of drug-likeness (QED) is 0.492. The summed E-state index contributed by atoms with van der Waals surface area (Å²) >= 11 is 11.8. The maximum Gasteiger partial charge on any atom is 0.256 e. The van der Waals surface area contributed by atoms with Gasteiger partial charge in [-0.3, -0.25) is 9.59 Å². The van der Waals surface area contributed by atoms with Crippen LogP contribution in [0.5, 0.6) is 5.75 Å². The van der Waals surface area contributed by atoms with Crippen molar-refractivity contribution in [2.24, 2.45) is 0 Å². The Morgan fingerprint density at radius 3 is 2.29 bits per heavy atom. The van der Waals surface area contributed by atoms with E-state index in [1.54, 1.807) is 24.3 Å². The minimum Gasteiger partial charge on any atom is -0.506 e. The Kier molecular flexibility index (Phi) is 5.87. The lowest BCUT2D eigenvalue weighted by Gasteiger charge is -2.11. The Hall–Kier alpha value is -3.02. The molecule has 0 radical (unpaired) electrons. The number of amides is 2. The van der Waals surface area contributed by atoms with Crippen LogP contribution in [-0.4, -0.2) is 16.9 Å². The average molecular weight is 415 g/mol. The fraction of sp³-hybridized carbons (Fsp3) is 0.0476. The summed E-state index contributed by atoms with van der Waals surface area (Å²) in [5.74, 6) is -0.912. The predicted molar refractivity (Wildman–Crippen MR) is 112 cm³/mol. The van der Waals surface area contributed by atoms with Gasteiger partial charge in [0.1, 0.15) is 5.75 Å². The maximum absolute atomic E-state index is 12.4. The lowest BCUT2D eigenvalue weighted by Crippen LogP contribution is -2.14. The minimum absolute atomic E-state index is 0.172. The smallest absolute Gasteiger partial charge is 0.256 e. The second-order valence-corrected chi connectivity index (χ2v) is 6.90. The molecule has 2 amide bonds. The van der Waals surface area contributed by atoms with Gasteiger partial charge in [-0.15, -0.1) is 0 Å². The second-order valence-electron chi connectivity index (χ2n) is 6.08. The molecule has 0 saturated carbocycles. The largest absolute Gasteiger partial charge is 0.506 e. The Labute approximate surface area is 171 Å². The first-order valence-electron chi connectivity index (χ1n) is 8.31. The van der Waals surface area contributed by atoms with E-state index in [9.17, 15) is 14.7 Å². The lowest BCUT2D eigenvalue weighted by atomic mass is 10.1. The van der Waals surface area contributed by atoms with Crippen molar-refractivity contribution in [3.8, 4) is 5.75 Å². The lowest BCUT2D eigenvalue weighted by molar-refractivity contribution is 0.101. The first kappa shape index (κ1) is 19.7. The fourth-order valence-corrected chi connectivity index (χ4v) is 2.87. The van der Waals surface area contributed by atoms with Crippen molar-refractivity contribution in [2.45, 2.75) is 6.92 Å². The normalized spacial score (nSPS) is 10.4. The topological polar surface area (TPSA) is 78.4 Å². The number of halogens is 2. The number of carbonyl (C=O) groups is 2. The number of hydrogen-bond acceptors (Lipinski definition) is 3. The van der Waals surface area contributed by atoms with Gasteiger partial charge in [0.05, 0.1) is 15.7 Å². The average Bonchev–Trinajstić information content (AvgIpc) is 2.66. The first-order chi connectivity index (χ1) is 13.3. The predicted octanol–water partition coefficient (Wildman–Crippen LogP) is 5.51. The van der Waals surface area contributed by atoms with E-state index in [2.05, 4.69) is 10.6 Å². The summed E-state index contributed by atoms with van der Waals surface area (Å²) in [6.45, 7) is 1.83. The SMILES string of the molecule is Cc1ccccc1C(=O)Nc1ccc(NC(=O)c2ccc(Cl)c(Cl)c2)cc1O. The van der Waals surface area contributed by atoms with Gasteiger partial charge in [0.15, 0.2) is 0 Å². The van der Waals surface area contributed by atoms with E-state index in [1.165, 1.54) is 24.3 Å². The van der Waals surface area contributed by atoms with Crippen LogP contribution in [0.25, 0.3) is 0 Å². The van der Waals surface area contributed by atoms with Crippen LogP contribution in [0.15, 0.2) is 60.7 Å². The van der Waals surface area contributed by atoms with Crippen molar-refractivity contribution in [3.05, 3.63) is 87.4 Å².